The minimum absolute atomic E-state index is 0.0561. The van der Waals surface area contributed by atoms with E-state index < -0.39 is 23.7 Å². The number of hydrogen-bond donors (Lipinski definition) is 2. The predicted molar refractivity (Wildman–Crippen MR) is 67.4 cm³/mol. The number of hydrogen-bond acceptors (Lipinski definition) is 4. The van der Waals surface area contributed by atoms with Crippen LogP contribution in [-0.4, -0.2) is 36.6 Å². The largest absolute Gasteiger partial charge is 0.448 e. The summed E-state index contributed by atoms with van der Waals surface area (Å²) in [6.45, 7) is 0.239. The van der Waals surface area contributed by atoms with Crippen molar-refractivity contribution < 1.29 is 27.5 Å². The lowest BCUT2D eigenvalue weighted by molar-refractivity contribution is -0.137. The van der Waals surface area contributed by atoms with Crippen molar-refractivity contribution in [3.05, 3.63) is 23.8 Å². The van der Waals surface area contributed by atoms with Gasteiger partial charge in [0.15, 0.2) is 0 Å². The van der Waals surface area contributed by atoms with Crippen molar-refractivity contribution in [2.45, 2.75) is 6.18 Å². The van der Waals surface area contributed by atoms with E-state index in [0.29, 0.717) is 0 Å². The molecule has 6 nitrogen and oxygen atoms in total. The maximum absolute atomic E-state index is 12.5. The smallest absolute Gasteiger partial charge is 0.416 e. The molecule has 9 heteroatoms. The van der Waals surface area contributed by atoms with E-state index in [4.69, 9.17) is 5.73 Å². The van der Waals surface area contributed by atoms with Gasteiger partial charge in [-0.15, -0.1) is 0 Å². The number of amides is 2. The molecule has 0 aliphatic carbocycles. The maximum Gasteiger partial charge on any atom is 0.416 e. The molecule has 0 aromatic heterocycles. The molecule has 1 heterocycles. The van der Waals surface area contributed by atoms with Crippen LogP contribution >= 0.6 is 0 Å². The monoisotopic (exact) mass is 303 g/mol. The number of ether oxygens (including phenoxy) is 1. The van der Waals surface area contributed by atoms with Gasteiger partial charge in [-0.3, -0.25) is 9.69 Å². The molecule has 1 aliphatic rings. The molecule has 1 aromatic carbocycles. The van der Waals surface area contributed by atoms with Crippen LogP contribution in [0.1, 0.15) is 5.56 Å². The van der Waals surface area contributed by atoms with Crippen molar-refractivity contribution in [2.24, 2.45) is 0 Å². The van der Waals surface area contributed by atoms with Gasteiger partial charge in [-0.2, -0.15) is 13.2 Å². The van der Waals surface area contributed by atoms with Crippen molar-refractivity contribution in [3.8, 4) is 0 Å². The lowest BCUT2D eigenvalue weighted by Gasteiger charge is -2.14. The van der Waals surface area contributed by atoms with Crippen LogP contribution < -0.4 is 11.1 Å². The summed E-state index contributed by atoms with van der Waals surface area (Å²) < 4.78 is 42.1. The fourth-order valence-electron chi connectivity index (χ4n) is 1.79. The van der Waals surface area contributed by atoms with Crippen molar-refractivity contribution in [3.63, 3.8) is 0 Å². The quantitative estimate of drug-likeness (QED) is 0.832. The molecule has 0 radical (unpaired) electrons. The van der Waals surface area contributed by atoms with Gasteiger partial charge in [0.2, 0.25) is 5.91 Å². The lowest BCUT2D eigenvalue weighted by atomic mass is 10.1. The van der Waals surface area contributed by atoms with E-state index >= 15 is 0 Å². The fourth-order valence-corrected chi connectivity index (χ4v) is 1.79. The highest BCUT2D eigenvalue weighted by molar-refractivity contribution is 5.96. The van der Waals surface area contributed by atoms with Crippen LogP contribution in [0.2, 0.25) is 0 Å². The van der Waals surface area contributed by atoms with Gasteiger partial charge in [-0.25, -0.2) is 4.79 Å². The van der Waals surface area contributed by atoms with Gasteiger partial charge < -0.3 is 15.8 Å². The first-order valence-electron chi connectivity index (χ1n) is 5.95. The van der Waals surface area contributed by atoms with Crippen LogP contribution in [0.25, 0.3) is 0 Å². The second-order valence-electron chi connectivity index (χ2n) is 4.38. The molecule has 1 saturated heterocycles. The standard InChI is InChI=1S/C12H12F3N3O3/c13-12(14,15)7-1-2-9(8(16)5-7)17-10(19)6-18-3-4-21-11(18)20/h1-2,5H,3-4,6,16H2,(H,17,19). The Balaban J connectivity index is 2.02. The third-order valence-electron chi connectivity index (χ3n) is 2.83. The molecule has 0 spiro atoms. The minimum atomic E-state index is -4.50. The van der Waals surface area contributed by atoms with E-state index in [0.717, 1.165) is 18.2 Å². The molecule has 1 fully saturated rings. The molecular weight excluding hydrogens is 291 g/mol. The second-order valence-corrected chi connectivity index (χ2v) is 4.38. The molecule has 3 N–H and O–H groups in total. The summed E-state index contributed by atoms with van der Waals surface area (Å²) >= 11 is 0. The number of nitrogens with one attached hydrogen (secondary N) is 1. The number of anilines is 2. The number of nitrogen functional groups attached to an aromatic ring is 1. The number of halogens is 3. The Morgan fingerprint density at radius 2 is 2.14 bits per heavy atom. The summed E-state index contributed by atoms with van der Waals surface area (Å²) in [4.78, 5) is 24.0. The van der Waals surface area contributed by atoms with Crippen molar-refractivity contribution >= 4 is 23.4 Å². The highest BCUT2D eigenvalue weighted by Crippen LogP contribution is 2.32. The fraction of sp³-hybridized carbons (Fsp3) is 0.333. The SMILES string of the molecule is Nc1cc(C(F)(F)F)ccc1NC(=O)CN1CCOC1=O. The second kappa shape index (κ2) is 5.51. The zero-order valence-corrected chi connectivity index (χ0v) is 10.7. The van der Waals surface area contributed by atoms with E-state index in [2.05, 4.69) is 10.1 Å². The van der Waals surface area contributed by atoms with E-state index in [-0.39, 0.29) is 31.1 Å². The van der Waals surface area contributed by atoms with Crippen molar-refractivity contribution in [2.75, 3.05) is 30.7 Å². The highest BCUT2D eigenvalue weighted by atomic mass is 19.4. The predicted octanol–water partition coefficient (Wildman–Crippen LogP) is 1.68. The number of carbonyl (C=O) groups is 2. The van der Waals surface area contributed by atoms with Gasteiger partial charge >= 0.3 is 12.3 Å². The number of carbonyl (C=O) groups excluding carboxylic acids is 2. The van der Waals surface area contributed by atoms with Crippen molar-refractivity contribution in [1.29, 1.82) is 0 Å². The molecular formula is C12H12F3N3O3. The average molecular weight is 303 g/mol. The zero-order valence-electron chi connectivity index (χ0n) is 10.7. The van der Waals surface area contributed by atoms with E-state index in [1.54, 1.807) is 0 Å². The Kier molecular flexibility index (Phi) is 3.92. The van der Waals surface area contributed by atoms with Crippen LogP contribution in [0.3, 0.4) is 0 Å². The van der Waals surface area contributed by atoms with Gasteiger partial charge in [0.25, 0.3) is 0 Å². The number of cyclic esters (lactones) is 1. The molecule has 0 atom stereocenters. The van der Waals surface area contributed by atoms with E-state index in [1.165, 1.54) is 4.90 Å². The Hall–Kier alpha value is -2.45. The minimum Gasteiger partial charge on any atom is -0.448 e. The van der Waals surface area contributed by atoms with Crippen LogP contribution in [0, 0.1) is 0 Å². The number of nitrogens with zero attached hydrogens (tertiary/aromatic N) is 1. The Morgan fingerprint density at radius 1 is 1.43 bits per heavy atom. The topological polar surface area (TPSA) is 84.7 Å². The molecule has 1 aromatic rings. The maximum atomic E-state index is 12.5. The number of rotatable bonds is 3. The van der Waals surface area contributed by atoms with E-state index in [1.807, 2.05) is 0 Å². The van der Waals surface area contributed by atoms with Gasteiger partial charge in [-0.05, 0) is 18.2 Å². The highest BCUT2D eigenvalue weighted by Gasteiger charge is 2.31. The zero-order chi connectivity index (χ0) is 15.6. The summed E-state index contributed by atoms with van der Waals surface area (Å²) in [6, 6.07) is 2.62. The van der Waals surface area contributed by atoms with Gasteiger partial charge in [0, 0.05) is 0 Å². The first-order valence-corrected chi connectivity index (χ1v) is 5.95. The Bertz CT molecular complexity index is 575. The molecule has 1 aliphatic heterocycles. The van der Waals surface area contributed by atoms with Crippen LogP contribution in [-0.2, 0) is 15.7 Å². The molecule has 2 rings (SSSR count). The van der Waals surface area contributed by atoms with Crippen LogP contribution in [0.4, 0.5) is 29.3 Å². The van der Waals surface area contributed by atoms with Crippen molar-refractivity contribution in [1.82, 2.24) is 4.90 Å². The molecule has 0 bridgehead atoms. The van der Waals surface area contributed by atoms with Gasteiger partial charge in [-0.1, -0.05) is 0 Å². The number of nitrogens with two attached hydrogens (primary N) is 1. The summed E-state index contributed by atoms with van der Waals surface area (Å²) in [5.74, 6) is -0.569. The van der Waals surface area contributed by atoms with Gasteiger partial charge in [0.05, 0.1) is 23.5 Å². The molecule has 0 unspecified atom stereocenters. The summed E-state index contributed by atoms with van der Waals surface area (Å²) in [5.41, 5.74) is 4.43. The number of alkyl halides is 3. The molecule has 2 amide bonds. The third kappa shape index (κ3) is 3.56. The summed E-state index contributed by atoms with van der Waals surface area (Å²) in [6.07, 6.45) is -5.11. The van der Waals surface area contributed by atoms with Crippen LogP contribution in [0.5, 0.6) is 0 Å². The normalized spacial score (nSPS) is 15.0. The number of benzene rings is 1. The first kappa shape index (κ1) is 14.9. The molecule has 114 valence electrons. The average Bonchev–Trinajstić information content (AvgIpc) is 2.76. The molecule has 0 saturated carbocycles. The Morgan fingerprint density at radius 3 is 2.67 bits per heavy atom. The Labute approximate surface area is 117 Å². The van der Waals surface area contributed by atoms with Gasteiger partial charge in [0.1, 0.15) is 13.2 Å². The summed E-state index contributed by atoms with van der Waals surface area (Å²) in [5, 5.41) is 2.36. The van der Waals surface area contributed by atoms with Crippen LogP contribution in [0.15, 0.2) is 18.2 Å². The lowest BCUT2D eigenvalue weighted by Crippen LogP contribution is -2.33. The molecule has 21 heavy (non-hydrogen) atoms. The third-order valence-corrected chi connectivity index (χ3v) is 2.83. The first-order chi connectivity index (χ1) is 9.77. The summed E-state index contributed by atoms with van der Waals surface area (Å²) in [7, 11) is 0. The van der Waals surface area contributed by atoms with E-state index in [9.17, 15) is 22.8 Å².